The predicted molar refractivity (Wildman–Crippen MR) is 55.3 cm³/mol. The van der Waals surface area contributed by atoms with E-state index in [1.165, 1.54) is 6.42 Å². The topological polar surface area (TPSA) is 38.1 Å². The predicted octanol–water partition coefficient (Wildman–Crippen LogP) is 1.95. The molecule has 1 saturated heterocycles. The fraction of sp³-hybridized carbons (Fsp3) is 0.727. The number of nitrogens with zero attached hydrogens (tertiary/aromatic N) is 1. The lowest BCUT2D eigenvalue weighted by Crippen LogP contribution is -2.10. The average Bonchev–Trinajstić information content (AvgIpc) is 2.75. The van der Waals surface area contributed by atoms with Gasteiger partial charge in [0, 0.05) is 12.3 Å². The van der Waals surface area contributed by atoms with Crippen LogP contribution in [0.1, 0.15) is 37.8 Å². The molecule has 0 amide bonds. The van der Waals surface area contributed by atoms with Gasteiger partial charge in [0.05, 0.1) is 6.20 Å². The van der Waals surface area contributed by atoms with Gasteiger partial charge in [-0.2, -0.15) is 0 Å². The molecular weight excluding hydrogens is 176 g/mol. The first-order valence-electron chi connectivity index (χ1n) is 5.41. The molecule has 1 aromatic heterocycles. The number of aromatic nitrogens is 1. The molecule has 0 saturated carbocycles. The molecule has 0 bridgehead atoms. The molecule has 1 atom stereocenters. The van der Waals surface area contributed by atoms with Crippen molar-refractivity contribution >= 4 is 0 Å². The van der Waals surface area contributed by atoms with Gasteiger partial charge in [0.1, 0.15) is 5.76 Å². The fourth-order valence-corrected chi connectivity index (χ4v) is 1.82. The third-order valence-corrected chi connectivity index (χ3v) is 2.77. The molecule has 1 N–H and O–H groups in total. The van der Waals surface area contributed by atoms with E-state index >= 15 is 0 Å². The summed E-state index contributed by atoms with van der Waals surface area (Å²) in [4.78, 5) is 4.31. The highest BCUT2D eigenvalue weighted by molar-refractivity contribution is 4.99. The molecule has 1 aliphatic heterocycles. The van der Waals surface area contributed by atoms with Crippen LogP contribution in [0, 0.1) is 5.92 Å². The molecule has 14 heavy (non-hydrogen) atoms. The Bertz CT molecular complexity index is 287. The first-order chi connectivity index (χ1) is 6.75. The fourth-order valence-electron chi connectivity index (χ4n) is 1.82. The average molecular weight is 194 g/mol. The number of hydrogen-bond acceptors (Lipinski definition) is 3. The summed E-state index contributed by atoms with van der Waals surface area (Å²) < 4.78 is 5.67. The Morgan fingerprint density at radius 1 is 1.64 bits per heavy atom. The first-order valence-corrected chi connectivity index (χ1v) is 5.41. The molecule has 1 aliphatic rings. The van der Waals surface area contributed by atoms with E-state index in [2.05, 4.69) is 24.1 Å². The standard InChI is InChI=1S/C11H18N2O/c1-8(2)10-7-13-11(14-10)5-9-3-4-12-6-9/h7-9,12H,3-6H2,1-2H3. The Morgan fingerprint density at radius 3 is 3.07 bits per heavy atom. The molecule has 3 heteroatoms. The molecule has 0 aromatic carbocycles. The van der Waals surface area contributed by atoms with Gasteiger partial charge in [-0.15, -0.1) is 0 Å². The quantitative estimate of drug-likeness (QED) is 0.799. The van der Waals surface area contributed by atoms with Gasteiger partial charge in [0.2, 0.25) is 0 Å². The second-order valence-electron chi connectivity index (χ2n) is 4.37. The minimum Gasteiger partial charge on any atom is -0.445 e. The van der Waals surface area contributed by atoms with E-state index in [0.717, 1.165) is 31.2 Å². The smallest absolute Gasteiger partial charge is 0.194 e. The normalized spacial score (nSPS) is 22.1. The van der Waals surface area contributed by atoms with E-state index in [1.54, 1.807) is 0 Å². The zero-order valence-electron chi connectivity index (χ0n) is 8.92. The zero-order valence-corrected chi connectivity index (χ0v) is 8.92. The summed E-state index contributed by atoms with van der Waals surface area (Å²) in [6.45, 7) is 6.50. The number of rotatable bonds is 3. The maximum atomic E-state index is 5.67. The lowest BCUT2D eigenvalue weighted by atomic mass is 10.1. The van der Waals surface area contributed by atoms with Gasteiger partial charge in [-0.1, -0.05) is 13.8 Å². The van der Waals surface area contributed by atoms with E-state index in [9.17, 15) is 0 Å². The van der Waals surface area contributed by atoms with Crippen LogP contribution in [0.2, 0.25) is 0 Å². The first kappa shape index (κ1) is 9.71. The van der Waals surface area contributed by atoms with Crippen molar-refractivity contribution < 1.29 is 4.42 Å². The Morgan fingerprint density at radius 2 is 2.50 bits per heavy atom. The summed E-state index contributed by atoms with van der Waals surface area (Å²) in [7, 11) is 0. The van der Waals surface area contributed by atoms with E-state index < -0.39 is 0 Å². The minimum absolute atomic E-state index is 0.443. The molecule has 1 fully saturated rings. The summed E-state index contributed by atoms with van der Waals surface area (Å²) in [5, 5.41) is 3.35. The van der Waals surface area contributed by atoms with Crippen molar-refractivity contribution in [3.8, 4) is 0 Å². The van der Waals surface area contributed by atoms with Gasteiger partial charge in [-0.25, -0.2) is 4.98 Å². The van der Waals surface area contributed by atoms with Crippen LogP contribution in [-0.4, -0.2) is 18.1 Å². The van der Waals surface area contributed by atoms with Gasteiger partial charge < -0.3 is 9.73 Å². The Hall–Kier alpha value is -0.830. The Balaban J connectivity index is 1.95. The molecule has 0 aliphatic carbocycles. The summed E-state index contributed by atoms with van der Waals surface area (Å²) in [6, 6.07) is 0. The second kappa shape index (κ2) is 4.13. The lowest BCUT2D eigenvalue weighted by molar-refractivity contribution is 0.407. The van der Waals surface area contributed by atoms with Crippen LogP contribution >= 0.6 is 0 Å². The summed E-state index contributed by atoms with van der Waals surface area (Å²) >= 11 is 0. The molecule has 1 unspecified atom stereocenters. The molecular formula is C11H18N2O. The van der Waals surface area contributed by atoms with Gasteiger partial charge in [0.25, 0.3) is 0 Å². The molecule has 0 radical (unpaired) electrons. The van der Waals surface area contributed by atoms with Crippen LogP contribution in [0.4, 0.5) is 0 Å². The van der Waals surface area contributed by atoms with Crippen molar-refractivity contribution in [2.45, 2.75) is 32.6 Å². The van der Waals surface area contributed by atoms with E-state index in [0.29, 0.717) is 11.8 Å². The van der Waals surface area contributed by atoms with Crippen LogP contribution in [0.25, 0.3) is 0 Å². The van der Waals surface area contributed by atoms with Crippen molar-refractivity contribution in [3.05, 3.63) is 17.8 Å². The lowest BCUT2D eigenvalue weighted by Gasteiger charge is -2.03. The van der Waals surface area contributed by atoms with Crippen LogP contribution < -0.4 is 5.32 Å². The minimum atomic E-state index is 0.443. The van der Waals surface area contributed by atoms with Crippen molar-refractivity contribution in [1.82, 2.24) is 10.3 Å². The molecule has 78 valence electrons. The van der Waals surface area contributed by atoms with Crippen LogP contribution in [0.5, 0.6) is 0 Å². The second-order valence-corrected chi connectivity index (χ2v) is 4.37. The highest BCUT2D eigenvalue weighted by Crippen LogP contribution is 2.19. The van der Waals surface area contributed by atoms with Crippen LogP contribution in [0.3, 0.4) is 0 Å². The number of hydrogen-bond donors (Lipinski definition) is 1. The zero-order chi connectivity index (χ0) is 9.97. The maximum absolute atomic E-state index is 5.67. The van der Waals surface area contributed by atoms with Crippen molar-refractivity contribution in [2.75, 3.05) is 13.1 Å². The van der Waals surface area contributed by atoms with Crippen molar-refractivity contribution in [3.63, 3.8) is 0 Å². The van der Waals surface area contributed by atoms with E-state index in [4.69, 9.17) is 4.42 Å². The van der Waals surface area contributed by atoms with Gasteiger partial charge in [-0.05, 0) is 25.4 Å². The van der Waals surface area contributed by atoms with Gasteiger partial charge >= 0.3 is 0 Å². The maximum Gasteiger partial charge on any atom is 0.194 e. The molecule has 1 aromatic rings. The van der Waals surface area contributed by atoms with E-state index in [1.807, 2.05) is 6.20 Å². The summed E-state index contributed by atoms with van der Waals surface area (Å²) in [6.07, 6.45) is 4.10. The summed E-state index contributed by atoms with van der Waals surface area (Å²) in [5.41, 5.74) is 0. The molecule has 0 spiro atoms. The number of nitrogens with one attached hydrogen (secondary N) is 1. The van der Waals surface area contributed by atoms with E-state index in [-0.39, 0.29) is 0 Å². The van der Waals surface area contributed by atoms with Gasteiger partial charge in [0.15, 0.2) is 5.89 Å². The Labute approximate surface area is 84.9 Å². The third-order valence-electron chi connectivity index (χ3n) is 2.77. The monoisotopic (exact) mass is 194 g/mol. The molecule has 2 heterocycles. The van der Waals surface area contributed by atoms with Crippen LogP contribution in [-0.2, 0) is 6.42 Å². The number of oxazole rings is 1. The SMILES string of the molecule is CC(C)c1cnc(CC2CCNC2)o1. The van der Waals surface area contributed by atoms with Crippen molar-refractivity contribution in [1.29, 1.82) is 0 Å². The highest BCUT2D eigenvalue weighted by Gasteiger charge is 2.17. The summed E-state index contributed by atoms with van der Waals surface area (Å²) in [5.74, 6) is 3.07. The highest BCUT2D eigenvalue weighted by atomic mass is 16.4. The third kappa shape index (κ3) is 2.15. The van der Waals surface area contributed by atoms with Crippen molar-refractivity contribution in [2.24, 2.45) is 5.92 Å². The van der Waals surface area contributed by atoms with Crippen LogP contribution in [0.15, 0.2) is 10.6 Å². The largest absolute Gasteiger partial charge is 0.445 e. The Kier molecular flexibility index (Phi) is 2.87. The molecule has 3 nitrogen and oxygen atoms in total. The van der Waals surface area contributed by atoms with Gasteiger partial charge in [-0.3, -0.25) is 0 Å². The molecule has 2 rings (SSSR count).